The third kappa shape index (κ3) is 6.68. The van der Waals surface area contributed by atoms with Crippen LogP contribution in [0.5, 0.6) is 0 Å². The molecule has 0 fully saturated rings. The zero-order valence-corrected chi connectivity index (χ0v) is 9.13. The van der Waals surface area contributed by atoms with Crippen LogP contribution in [-0.4, -0.2) is 32.9 Å². The maximum atomic E-state index is 11.1. The first-order valence-corrected chi connectivity index (χ1v) is 4.83. The first-order chi connectivity index (χ1) is 6.74. The molecule has 0 aliphatic carbocycles. The summed E-state index contributed by atoms with van der Waals surface area (Å²) in [4.78, 5) is 15.6. The van der Waals surface area contributed by atoms with Crippen LogP contribution < -0.4 is 10.8 Å². The molecule has 2 amide bonds. The molecule has 14 heavy (non-hydrogen) atoms. The van der Waals surface area contributed by atoms with Crippen molar-refractivity contribution in [1.29, 1.82) is 0 Å². The second kappa shape index (κ2) is 8.77. The Bertz CT molecular complexity index is 153. The predicted molar refractivity (Wildman–Crippen MR) is 53.9 cm³/mol. The van der Waals surface area contributed by atoms with Crippen molar-refractivity contribution in [2.45, 2.75) is 32.2 Å². The molecule has 1 atom stereocenters. The van der Waals surface area contributed by atoms with Crippen LogP contribution in [0.3, 0.4) is 0 Å². The van der Waals surface area contributed by atoms with Crippen molar-refractivity contribution < 1.29 is 14.4 Å². The first kappa shape index (κ1) is 13.2. The van der Waals surface area contributed by atoms with Crippen molar-refractivity contribution in [3.8, 4) is 0 Å². The largest absolute Gasteiger partial charge is 0.383 e. The highest BCUT2D eigenvalue weighted by atomic mass is 16.6. The number of methoxy groups -OCH3 is 1. The van der Waals surface area contributed by atoms with E-state index in [9.17, 15) is 4.79 Å². The molecule has 84 valence electrons. The van der Waals surface area contributed by atoms with Crippen LogP contribution in [0, 0.1) is 0 Å². The molecule has 0 rings (SSSR count). The smallest absolute Gasteiger partial charge is 0.338 e. The van der Waals surface area contributed by atoms with Crippen LogP contribution in [0.1, 0.15) is 26.2 Å². The minimum Gasteiger partial charge on any atom is -0.383 e. The van der Waals surface area contributed by atoms with Gasteiger partial charge in [-0.25, -0.2) is 10.3 Å². The molecule has 0 bridgehead atoms. The van der Waals surface area contributed by atoms with Crippen LogP contribution in [-0.2, 0) is 9.57 Å². The van der Waals surface area contributed by atoms with E-state index in [-0.39, 0.29) is 12.1 Å². The van der Waals surface area contributed by atoms with E-state index in [4.69, 9.17) is 4.74 Å². The normalized spacial score (nSPS) is 12.2. The number of hydroxylamine groups is 1. The van der Waals surface area contributed by atoms with E-state index in [1.165, 1.54) is 7.11 Å². The summed E-state index contributed by atoms with van der Waals surface area (Å²) in [6.45, 7) is 2.64. The van der Waals surface area contributed by atoms with Crippen molar-refractivity contribution in [3.63, 3.8) is 0 Å². The fourth-order valence-electron chi connectivity index (χ4n) is 1.16. The van der Waals surface area contributed by atoms with E-state index in [1.807, 2.05) is 0 Å². The molecule has 0 spiro atoms. The molecule has 0 unspecified atom stereocenters. The van der Waals surface area contributed by atoms with Crippen LogP contribution in [0.2, 0.25) is 0 Å². The average molecular weight is 204 g/mol. The maximum absolute atomic E-state index is 11.1. The number of hydrogen-bond acceptors (Lipinski definition) is 3. The molecule has 0 saturated heterocycles. The number of urea groups is 1. The SMILES string of the molecule is CCCC[C@@H](COC)NC(=O)NOC. The standard InChI is InChI=1S/C9H20N2O3/c1-4-5-6-8(7-13-2)10-9(12)11-14-3/h8H,4-7H2,1-3H3,(H2,10,11,12)/t8-/m0/s1. The minimum absolute atomic E-state index is 0.0510. The Morgan fingerprint density at radius 1 is 1.43 bits per heavy atom. The van der Waals surface area contributed by atoms with Gasteiger partial charge in [-0.15, -0.1) is 0 Å². The highest BCUT2D eigenvalue weighted by molar-refractivity contribution is 5.72. The summed E-state index contributed by atoms with van der Waals surface area (Å²) in [7, 11) is 3.02. The lowest BCUT2D eigenvalue weighted by Crippen LogP contribution is -2.43. The number of nitrogens with one attached hydrogen (secondary N) is 2. The van der Waals surface area contributed by atoms with Gasteiger partial charge >= 0.3 is 6.03 Å². The summed E-state index contributed by atoms with van der Waals surface area (Å²) >= 11 is 0. The van der Waals surface area contributed by atoms with Gasteiger partial charge in [0.25, 0.3) is 0 Å². The summed E-state index contributed by atoms with van der Waals surface area (Å²) in [5, 5.41) is 2.75. The number of unbranched alkanes of at least 4 members (excludes halogenated alkanes) is 1. The predicted octanol–water partition coefficient (Wildman–Crippen LogP) is 1.05. The van der Waals surface area contributed by atoms with Gasteiger partial charge in [-0.3, -0.25) is 4.84 Å². The van der Waals surface area contributed by atoms with Gasteiger partial charge in [0, 0.05) is 7.11 Å². The maximum Gasteiger partial charge on any atom is 0.338 e. The van der Waals surface area contributed by atoms with E-state index in [0.717, 1.165) is 19.3 Å². The van der Waals surface area contributed by atoms with E-state index in [0.29, 0.717) is 6.61 Å². The fourth-order valence-corrected chi connectivity index (χ4v) is 1.16. The van der Waals surface area contributed by atoms with E-state index < -0.39 is 0 Å². The molecule has 2 N–H and O–H groups in total. The first-order valence-electron chi connectivity index (χ1n) is 4.83. The van der Waals surface area contributed by atoms with Crippen LogP contribution in [0.4, 0.5) is 4.79 Å². The fraction of sp³-hybridized carbons (Fsp3) is 0.889. The summed E-state index contributed by atoms with van der Waals surface area (Å²) in [5.41, 5.74) is 2.21. The molecule has 0 aromatic carbocycles. The molecule has 0 aromatic heterocycles. The summed E-state index contributed by atoms with van der Waals surface area (Å²) < 4.78 is 5.00. The van der Waals surface area contributed by atoms with E-state index >= 15 is 0 Å². The number of carbonyl (C=O) groups is 1. The third-order valence-electron chi connectivity index (χ3n) is 1.80. The number of ether oxygens (including phenoxy) is 1. The minimum atomic E-state index is -0.328. The molecule has 5 nitrogen and oxygen atoms in total. The van der Waals surface area contributed by atoms with Gasteiger partial charge in [-0.05, 0) is 6.42 Å². The Kier molecular flexibility index (Phi) is 8.27. The molecule has 0 radical (unpaired) electrons. The monoisotopic (exact) mass is 204 g/mol. The number of rotatable bonds is 7. The van der Waals surface area contributed by atoms with Gasteiger partial charge in [0.1, 0.15) is 0 Å². The van der Waals surface area contributed by atoms with Crippen LogP contribution in [0.25, 0.3) is 0 Å². The number of hydrogen-bond donors (Lipinski definition) is 2. The van der Waals surface area contributed by atoms with Crippen LogP contribution in [0.15, 0.2) is 0 Å². The Morgan fingerprint density at radius 2 is 2.14 bits per heavy atom. The molecule has 0 saturated carbocycles. The summed E-state index contributed by atoms with van der Waals surface area (Å²) in [5.74, 6) is 0. The molecule has 0 aromatic rings. The van der Waals surface area contributed by atoms with Gasteiger partial charge in [-0.2, -0.15) is 0 Å². The van der Waals surface area contributed by atoms with Gasteiger partial charge in [0.2, 0.25) is 0 Å². The zero-order chi connectivity index (χ0) is 10.8. The Labute approximate surface area is 85.1 Å². The average Bonchev–Trinajstić information content (AvgIpc) is 2.15. The summed E-state index contributed by atoms with van der Waals surface area (Å²) in [6, 6.07) is -0.277. The molecule has 0 heterocycles. The second-order valence-corrected chi connectivity index (χ2v) is 3.07. The van der Waals surface area contributed by atoms with Crippen molar-refractivity contribution in [3.05, 3.63) is 0 Å². The molecule has 0 aliphatic heterocycles. The van der Waals surface area contributed by atoms with Gasteiger partial charge < -0.3 is 10.1 Å². The van der Waals surface area contributed by atoms with Crippen molar-refractivity contribution in [2.75, 3.05) is 20.8 Å². The lowest BCUT2D eigenvalue weighted by Gasteiger charge is -2.17. The van der Waals surface area contributed by atoms with E-state index in [1.54, 1.807) is 7.11 Å². The third-order valence-corrected chi connectivity index (χ3v) is 1.80. The van der Waals surface area contributed by atoms with Crippen LogP contribution >= 0.6 is 0 Å². The lowest BCUT2D eigenvalue weighted by molar-refractivity contribution is 0.100. The number of amides is 2. The summed E-state index contributed by atoms with van der Waals surface area (Å²) in [6.07, 6.45) is 3.09. The Balaban J connectivity index is 3.75. The highest BCUT2D eigenvalue weighted by Crippen LogP contribution is 2.00. The Hall–Kier alpha value is -0.810. The highest BCUT2D eigenvalue weighted by Gasteiger charge is 2.10. The number of carbonyl (C=O) groups excluding carboxylic acids is 1. The quantitative estimate of drug-likeness (QED) is 0.609. The Morgan fingerprint density at radius 3 is 2.64 bits per heavy atom. The van der Waals surface area contributed by atoms with Crippen molar-refractivity contribution in [1.82, 2.24) is 10.8 Å². The van der Waals surface area contributed by atoms with Gasteiger partial charge in [0.15, 0.2) is 0 Å². The molecular weight excluding hydrogens is 184 g/mol. The second-order valence-electron chi connectivity index (χ2n) is 3.07. The van der Waals surface area contributed by atoms with E-state index in [2.05, 4.69) is 22.6 Å². The zero-order valence-electron chi connectivity index (χ0n) is 9.13. The molecule has 5 heteroatoms. The van der Waals surface area contributed by atoms with Crippen molar-refractivity contribution >= 4 is 6.03 Å². The molecule has 0 aliphatic rings. The topological polar surface area (TPSA) is 59.6 Å². The van der Waals surface area contributed by atoms with Gasteiger partial charge in [0.05, 0.1) is 19.8 Å². The van der Waals surface area contributed by atoms with Gasteiger partial charge in [-0.1, -0.05) is 19.8 Å². The lowest BCUT2D eigenvalue weighted by atomic mass is 10.1. The van der Waals surface area contributed by atoms with Crippen molar-refractivity contribution in [2.24, 2.45) is 0 Å². The molecular formula is C9H20N2O3.